The summed E-state index contributed by atoms with van der Waals surface area (Å²) in [5.74, 6) is 0.167. The topological polar surface area (TPSA) is 49.8 Å². The first-order valence-corrected chi connectivity index (χ1v) is 7.55. The molecule has 0 spiro atoms. The zero-order valence-electron chi connectivity index (χ0n) is 13.3. The Morgan fingerprint density at radius 1 is 1.43 bits per heavy atom. The van der Waals surface area contributed by atoms with E-state index in [9.17, 15) is 4.79 Å². The average Bonchev–Trinajstić information content (AvgIpc) is 2.36. The lowest BCUT2D eigenvalue weighted by Crippen LogP contribution is -2.44. The fraction of sp³-hybridized carbons (Fsp3) is 0.588. The molecule has 0 bridgehead atoms. The predicted molar refractivity (Wildman–Crippen MR) is 82.6 cm³/mol. The van der Waals surface area contributed by atoms with Crippen LogP contribution in [0, 0.1) is 0 Å². The first-order chi connectivity index (χ1) is 9.80. The molecule has 1 unspecified atom stereocenters. The number of hydrogen-bond acceptors (Lipinski definition) is 3. The number of benzene rings is 1. The zero-order valence-corrected chi connectivity index (χ0v) is 13.3. The average molecular weight is 291 g/mol. The molecule has 0 amide bonds. The van der Waals surface area contributed by atoms with Crippen LogP contribution in [0.1, 0.15) is 52.1 Å². The molecule has 0 aliphatic carbocycles. The molecule has 0 aromatic heterocycles. The third kappa shape index (κ3) is 3.76. The van der Waals surface area contributed by atoms with E-state index in [-0.39, 0.29) is 24.1 Å². The van der Waals surface area contributed by atoms with Crippen LogP contribution in [0.25, 0.3) is 0 Å². The Hall–Kier alpha value is -1.55. The predicted octanol–water partition coefficient (Wildman–Crippen LogP) is 3.47. The Balaban J connectivity index is 2.32. The summed E-state index contributed by atoms with van der Waals surface area (Å²) >= 11 is 0. The fourth-order valence-corrected chi connectivity index (χ4v) is 3.06. The molecule has 0 fully saturated rings. The van der Waals surface area contributed by atoms with Crippen molar-refractivity contribution in [2.75, 3.05) is 6.54 Å². The molecule has 116 valence electrons. The molecule has 0 radical (unpaired) electrons. The first-order valence-electron chi connectivity index (χ1n) is 7.55. The number of para-hydroxylation sites is 1. The van der Waals surface area contributed by atoms with Crippen molar-refractivity contribution in [3.05, 3.63) is 29.8 Å². The highest BCUT2D eigenvalue weighted by molar-refractivity contribution is 5.66. The van der Waals surface area contributed by atoms with Crippen molar-refractivity contribution in [1.29, 1.82) is 0 Å². The molecule has 1 aromatic carbocycles. The maximum absolute atomic E-state index is 10.9. The van der Waals surface area contributed by atoms with Crippen molar-refractivity contribution in [2.24, 2.45) is 0 Å². The Morgan fingerprint density at radius 3 is 2.71 bits per heavy atom. The molecule has 1 atom stereocenters. The highest BCUT2D eigenvalue weighted by Crippen LogP contribution is 2.43. The van der Waals surface area contributed by atoms with E-state index in [0.717, 1.165) is 17.7 Å². The molecule has 0 saturated carbocycles. The number of rotatable bonds is 5. The lowest BCUT2D eigenvalue weighted by Gasteiger charge is -2.44. The van der Waals surface area contributed by atoms with Crippen LogP contribution in [-0.4, -0.2) is 34.2 Å². The van der Waals surface area contributed by atoms with Crippen molar-refractivity contribution in [2.45, 2.75) is 58.2 Å². The van der Waals surface area contributed by atoms with Gasteiger partial charge in [-0.2, -0.15) is 0 Å². The minimum Gasteiger partial charge on any atom is -0.487 e. The third-order valence-corrected chi connectivity index (χ3v) is 4.00. The summed E-state index contributed by atoms with van der Waals surface area (Å²) in [6, 6.07) is 8.57. The standard InChI is InChI=1S/C17H25NO3/c1-12(2)18(10-9-16(19)20)14-11-17(3,4)21-15-8-6-5-7-13(14)15/h5-8,12,14H,9-11H2,1-4H3,(H,19,20). The summed E-state index contributed by atoms with van der Waals surface area (Å²) in [6.07, 6.45) is 1.03. The molecule has 1 N–H and O–H groups in total. The molecular formula is C17H25NO3. The summed E-state index contributed by atoms with van der Waals surface area (Å²) in [7, 11) is 0. The fourth-order valence-electron chi connectivity index (χ4n) is 3.06. The number of fused-ring (bicyclic) bond motifs is 1. The van der Waals surface area contributed by atoms with Gasteiger partial charge in [-0.15, -0.1) is 0 Å². The van der Waals surface area contributed by atoms with Crippen molar-refractivity contribution < 1.29 is 14.6 Å². The minimum absolute atomic E-state index is 0.165. The van der Waals surface area contributed by atoms with Gasteiger partial charge in [0.2, 0.25) is 0 Å². The van der Waals surface area contributed by atoms with E-state index in [1.54, 1.807) is 0 Å². The van der Waals surface area contributed by atoms with Crippen LogP contribution >= 0.6 is 0 Å². The molecule has 2 rings (SSSR count). The maximum Gasteiger partial charge on any atom is 0.304 e. The first kappa shape index (κ1) is 15.8. The second kappa shape index (κ2) is 6.06. The summed E-state index contributed by atoms with van der Waals surface area (Å²) in [5.41, 5.74) is 0.922. The quantitative estimate of drug-likeness (QED) is 0.902. The number of ether oxygens (including phenoxy) is 1. The van der Waals surface area contributed by atoms with E-state index in [0.29, 0.717) is 6.54 Å². The second-order valence-electron chi connectivity index (χ2n) is 6.59. The van der Waals surface area contributed by atoms with Crippen molar-refractivity contribution in [3.63, 3.8) is 0 Å². The molecule has 4 heteroatoms. The van der Waals surface area contributed by atoms with Gasteiger partial charge in [0.15, 0.2) is 0 Å². The Labute approximate surface area is 126 Å². The molecule has 0 saturated heterocycles. The highest BCUT2D eigenvalue weighted by Gasteiger charge is 2.37. The van der Waals surface area contributed by atoms with Crippen molar-refractivity contribution in [3.8, 4) is 5.75 Å². The molecule has 1 heterocycles. The number of hydrogen-bond donors (Lipinski definition) is 1. The lowest BCUT2D eigenvalue weighted by molar-refractivity contribution is -0.137. The molecule has 21 heavy (non-hydrogen) atoms. The van der Waals surface area contributed by atoms with E-state index in [1.807, 2.05) is 18.2 Å². The molecule has 1 aliphatic heterocycles. The molecule has 1 aliphatic rings. The van der Waals surface area contributed by atoms with Crippen LogP contribution in [-0.2, 0) is 4.79 Å². The van der Waals surface area contributed by atoms with E-state index < -0.39 is 5.97 Å². The van der Waals surface area contributed by atoms with E-state index in [2.05, 4.69) is 38.7 Å². The van der Waals surface area contributed by atoms with Crippen molar-refractivity contribution >= 4 is 5.97 Å². The van der Waals surface area contributed by atoms with Crippen molar-refractivity contribution in [1.82, 2.24) is 4.90 Å². The number of carboxylic acids is 1. The normalized spacial score (nSPS) is 20.2. The Kier molecular flexibility index (Phi) is 4.57. The van der Waals surface area contributed by atoms with Gasteiger partial charge in [-0.1, -0.05) is 18.2 Å². The monoisotopic (exact) mass is 291 g/mol. The summed E-state index contributed by atoms with van der Waals surface area (Å²) in [6.45, 7) is 8.97. The number of aliphatic carboxylic acids is 1. The van der Waals surface area contributed by atoms with Crippen LogP contribution in [0.3, 0.4) is 0 Å². The zero-order chi connectivity index (χ0) is 15.6. The van der Waals surface area contributed by atoms with E-state index in [1.165, 1.54) is 0 Å². The highest BCUT2D eigenvalue weighted by atomic mass is 16.5. The van der Waals surface area contributed by atoms with Gasteiger partial charge in [0.1, 0.15) is 11.4 Å². The third-order valence-electron chi connectivity index (χ3n) is 4.00. The van der Waals surface area contributed by atoms with Crippen LogP contribution < -0.4 is 4.74 Å². The van der Waals surface area contributed by atoms with Gasteiger partial charge in [-0.3, -0.25) is 9.69 Å². The SMILES string of the molecule is CC(C)N(CCC(=O)O)C1CC(C)(C)Oc2ccccc21. The largest absolute Gasteiger partial charge is 0.487 e. The number of carboxylic acid groups (broad SMARTS) is 1. The van der Waals surface area contributed by atoms with Crippen LogP contribution in [0.5, 0.6) is 5.75 Å². The van der Waals surface area contributed by atoms with Gasteiger partial charge in [-0.25, -0.2) is 0 Å². The minimum atomic E-state index is -0.750. The van der Waals surface area contributed by atoms with Gasteiger partial charge in [-0.05, 0) is 33.8 Å². The smallest absolute Gasteiger partial charge is 0.304 e. The van der Waals surface area contributed by atoms with Crippen LogP contribution in [0.15, 0.2) is 24.3 Å². The number of nitrogens with zero attached hydrogens (tertiary/aromatic N) is 1. The number of carbonyl (C=O) groups is 1. The summed E-state index contributed by atoms with van der Waals surface area (Å²) < 4.78 is 6.06. The van der Waals surface area contributed by atoms with Crippen LogP contribution in [0.2, 0.25) is 0 Å². The van der Waals surface area contributed by atoms with E-state index >= 15 is 0 Å². The van der Waals surface area contributed by atoms with Gasteiger partial charge in [0, 0.05) is 30.6 Å². The maximum atomic E-state index is 10.9. The van der Waals surface area contributed by atoms with Gasteiger partial charge in [0.25, 0.3) is 0 Å². The van der Waals surface area contributed by atoms with Gasteiger partial charge >= 0.3 is 5.97 Å². The van der Waals surface area contributed by atoms with Crippen LogP contribution in [0.4, 0.5) is 0 Å². The molecular weight excluding hydrogens is 266 g/mol. The van der Waals surface area contributed by atoms with E-state index in [4.69, 9.17) is 9.84 Å². The molecule has 1 aromatic rings. The van der Waals surface area contributed by atoms with Gasteiger partial charge in [0.05, 0.1) is 6.42 Å². The second-order valence-corrected chi connectivity index (χ2v) is 6.59. The summed E-state index contributed by atoms with van der Waals surface area (Å²) in [5, 5.41) is 8.99. The Morgan fingerprint density at radius 2 is 2.10 bits per heavy atom. The summed E-state index contributed by atoms with van der Waals surface area (Å²) in [4.78, 5) is 13.2. The van der Waals surface area contributed by atoms with Gasteiger partial charge < -0.3 is 9.84 Å². The lowest BCUT2D eigenvalue weighted by atomic mass is 9.88. The molecule has 4 nitrogen and oxygen atoms in total. The Bertz CT molecular complexity index is 511.